The van der Waals surface area contributed by atoms with Gasteiger partial charge in [0, 0.05) is 31.9 Å². The van der Waals surface area contributed by atoms with Gasteiger partial charge in [0.2, 0.25) is 0 Å². The summed E-state index contributed by atoms with van der Waals surface area (Å²) >= 11 is 5.07. The topological polar surface area (TPSA) is 251 Å². The number of carbonyl (C=O) groups is 1. The largest absolute Gasteiger partial charge is 0.489 e. The number of pyridine rings is 1. The molecule has 6 N–H and O–H groups in total. The summed E-state index contributed by atoms with van der Waals surface area (Å²) in [5.41, 5.74) is 0.865. The van der Waals surface area contributed by atoms with Crippen LogP contribution >= 0.6 is 52.1 Å². The van der Waals surface area contributed by atoms with Crippen molar-refractivity contribution in [2.75, 3.05) is 5.32 Å². The molecule has 1 aliphatic carbocycles. The highest BCUT2D eigenvalue weighted by Gasteiger charge is 2.33. The van der Waals surface area contributed by atoms with E-state index < -0.39 is 26.4 Å². The third-order valence-electron chi connectivity index (χ3n) is 8.33. The van der Waals surface area contributed by atoms with E-state index in [1.807, 2.05) is 0 Å². The maximum Gasteiger partial charge on any atom is 0.294 e. The number of H-pyrrole nitrogens is 1. The average Bonchev–Trinajstić information content (AvgIpc) is 3.21. The van der Waals surface area contributed by atoms with Crippen molar-refractivity contribution >= 4 is 90.2 Å². The first-order valence-electron chi connectivity index (χ1n) is 15.9. The van der Waals surface area contributed by atoms with E-state index in [2.05, 4.69) is 54.3 Å². The minimum absolute atomic E-state index is 0.00266. The van der Waals surface area contributed by atoms with E-state index in [0.29, 0.717) is 67.3 Å². The molecule has 23 heteroatoms. The molecule has 7 rings (SSSR count). The Morgan fingerprint density at radius 2 is 1.45 bits per heavy atom. The zero-order valence-electron chi connectivity index (χ0n) is 28.6. The molecule has 0 radical (unpaired) electrons. The Hall–Kier alpha value is -4.54. The summed E-state index contributed by atoms with van der Waals surface area (Å²) in [4.78, 5) is 31.9. The molecule has 0 fully saturated rings. The second-order valence-corrected chi connectivity index (χ2v) is 16.2. The van der Waals surface area contributed by atoms with Gasteiger partial charge in [-0.2, -0.15) is 8.42 Å². The van der Waals surface area contributed by atoms with Crippen LogP contribution in [0.4, 0.5) is 11.4 Å². The van der Waals surface area contributed by atoms with Crippen LogP contribution in [0, 0.1) is 0 Å². The molecule has 0 aliphatic heterocycles. The van der Waals surface area contributed by atoms with Gasteiger partial charge in [-0.3, -0.25) is 14.1 Å². The molecule has 0 spiro atoms. The quantitative estimate of drug-likeness (QED) is 0.0215. The van der Waals surface area contributed by atoms with Crippen molar-refractivity contribution < 1.29 is 71.1 Å². The standard InChI is InChI=1S/C35H23BrN2O16S4/c36-17-8-11-26(29(12-17)57-54-51-43)48-27-15-25(37-24-10-9-20(58(44,45)46)14-28(24)56-53-50-42)31-32-30(21-6-1-2-7-22(21)34(31)39)23(35(40)38-33(27)32)16-47-18-4-3-5-19(13-18)55-52-49-41/h1-15,37,41-43H,16H2,(H,38,40)(H,44,45,46). The fourth-order valence-electron chi connectivity index (χ4n) is 6.03. The lowest BCUT2D eigenvalue weighted by atomic mass is 9.81. The number of halogens is 1. The van der Waals surface area contributed by atoms with Gasteiger partial charge in [-0.05, 0) is 60.2 Å². The first-order chi connectivity index (χ1) is 28.0. The highest BCUT2D eigenvalue weighted by atomic mass is 79.9. The number of anilines is 2. The SMILES string of the molecule is O=C1c2ccccc2-c2c(COc3cccc(SOOO)c3)c(=O)[nH]c3c(Oc4ccc(Br)cc4SOOO)cc(Nc4ccc(S(=O)(=O)O)cc4SOOO)c1c23. The summed E-state index contributed by atoms with van der Waals surface area (Å²) in [6.07, 6.45) is 0. The van der Waals surface area contributed by atoms with Crippen LogP contribution in [0.2, 0.25) is 0 Å². The summed E-state index contributed by atoms with van der Waals surface area (Å²) in [6.45, 7) is -0.301. The molecular formula is C35H23BrN2O16S4. The molecule has 0 atom stereocenters. The third kappa shape index (κ3) is 8.88. The number of hydrogen-bond donors (Lipinski definition) is 6. The number of benzene rings is 5. The smallest absolute Gasteiger partial charge is 0.294 e. The predicted molar refractivity (Wildman–Crippen MR) is 210 cm³/mol. The maximum absolute atomic E-state index is 14.6. The molecule has 0 bridgehead atoms. The molecular weight excluding hydrogens is 913 g/mol. The fraction of sp³-hybridized carbons (Fsp3) is 0.0286. The minimum atomic E-state index is -4.70. The zero-order chi connectivity index (χ0) is 41.0. The number of hydrogen-bond acceptors (Lipinski definition) is 19. The van der Waals surface area contributed by atoms with Crippen molar-refractivity contribution in [3.05, 3.63) is 123 Å². The lowest BCUT2D eigenvalue weighted by molar-refractivity contribution is -0.432. The number of ether oxygens (including phenoxy) is 2. The zero-order valence-corrected chi connectivity index (χ0v) is 33.4. The van der Waals surface area contributed by atoms with Gasteiger partial charge in [0.05, 0.1) is 78.8 Å². The number of aromatic amines is 1. The van der Waals surface area contributed by atoms with Crippen molar-refractivity contribution in [2.45, 2.75) is 26.2 Å². The molecule has 6 aromatic rings. The van der Waals surface area contributed by atoms with Gasteiger partial charge in [-0.25, -0.2) is 15.8 Å². The number of nitrogens with one attached hydrogen (secondary N) is 2. The van der Waals surface area contributed by atoms with Gasteiger partial charge in [-0.1, -0.05) is 61.4 Å². The molecule has 0 unspecified atom stereocenters. The van der Waals surface area contributed by atoms with Crippen LogP contribution in [0.3, 0.4) is 0 Å². The monoisotopic (exact) mass is 934 g/mol. The van der Waals surface area contributed by atoms with Crippen molar-refractivity contribution in [1.82, 2.24) is 4.98 Å². The van der Waals surface area contributed by atoms with Crippen molar-refractivity contribution in [3.8, 4) is 28.4 Å². The van der Waals surface area contributed by atoms with Gasteiger partial charge in [0.1, 0.15) is 18.1 Å². The molecule has 0 amide bonds. The van der Waals surface area contributed by atoms with Gasteiger partial charge in [0.15, 0.2) is 11.5 Å². The van der Waals surface area contributed by atoms with Crippen LogP contribution in [-0.4, -0.2) is 39.5 Å². The summed E-state index contributed by atoms with van der Waals surface area (Å²) in [7, 11) is -4.70. The highest BCUT2D eigenvalue weighted by molar-refractivity contribution is 9.10. The van der Waals surface area contributed by atoms with Crippen molar-refractivity contribution in [2.24, 2.45) is 0 Å². The summed E-state index contributed by atoms with van der Waals surface area (Å²) in [5.74, 6) is 0.00567. The predicted octanol–water partition coefficient (Wildman–Crippen LogP) is 9.15. The van der Waals surface area contributed by atoms with E-state index in [4.69, 9.17) is 25.2 Å². The normalized spacial score (nSPS) is 12.1. The Bertz CT molecular complexity index is 2720. The maximum atomic E-state index is 14.6. The number of fused-ring (bicyclic) bond motifs is 2. The molecule has 1 heterocycles. The van der Waals surface area contributed by atoms with E-state index in [1.165, 1.54) is 12.1 Å². The molecule has 5 aromatic carbocycles. The van der Waals surface area contributed by atoms with Gasteiger partial charge < -0.3 is 19.8 Å². The molecule has 1 aliphatic rings. The first-order valence-corrected chi connectivity index (χ1v) is 20.4. The fourth-order valence-corrected chi connectivity index (χ4v) is 8.49. The number of aromatic nitrogens is 1. The van der Waals surface area contributed by atoms with E-state index in [0.717, 1.165) is 12.1 Å². The molecule has 1 aromatic heterocycles. The first kappa shape index (κ1) is 41.6. The van der Waals surface area contributed by atoms with Crippen LogP contribution in [0.25, 0.3) is 22.0 Å². The lowest BCUT2D eigenvalue weighted by Gasteiger charge is -2.26. The summed E-state index contributed by atoms with van der Waals surface area (Å²) in [5, 5.41) is 40.9. The third-order valence-corrected chi connectivity index (χ3v) is 11.5. The van der Waals surface area contributed by atoms with E-state index in [9.17, 15) is 22.6 Å². The molecule has 58 heavy (non-hydrogen) atoms. The van der Waals surface area contributed by atoms with E-state index >= 15 is 0 Å². The molecule has 0 saturated carbocycles. The Morgan fingerprint density at radius 3 is 2.19 bits per heavy atom. The summed E-state index contributed by atoms with van der Waals surface area (Å²) < 4.78 is 60.7. The second kappa shape index (κ2) is 18.2. The number of ketones is 1. The van der Waals surface area contributed by atoms with Gasteiger partial charge in [0.25, 0.3) is 15.7 Å². The van der Waals surface area contributed by atoms with Crippen LogP contribution in [0.5, 0.6) is 17.2 Å². The Kier molecular flexibility index (Phi) is 13.0. The molecule has 0 saturated heterocycles. The minimum Gasteiger partial charge on any atom is -0.489 e. The van der Waals surface area contributed by atoms with Crippen LogP contribution in [0.1, 0.15) is 21.5 Å². The van der Waals surface area contributed by atoms with Gasteiger partial charge in [-0.15, -0.1) is 13.0 Å². The Labute approximate surface area is 347 Å². The van der Waals surface area contributed by atoms with Crippen LogP contribution in [0.15, 0.2) is 120 Å². The molecule has 300 valence electrons. The highest BCUT2D eigenvalue weighted by Crippen LogP contribution is 2.48. The van der Waals surface area contributed by atoms with Crippen molar-refractivity contribution in [3.63, 3.8) is 0 Å². The number of rotatable bonds is 17. The van der Waals surface area contributed by atoms with Gasteiger partial charge >= 0.3 is 0 Å². The average molecular weight is 936 g/mol. The van der Waals surface area contributed by atoms with Crippen LogP contribution < -0.4 is 20.3 Å². The summed E-state index contributed by atoms with van der Waals surface area (Å²) in [6, 6.07) is 22.8. The molecule has 18 nitrogen and oxygen atoms in total. The lowest BCUT2D eigenvalue weighted by Crippen LogP contribution is -2.22. The number of carbonyl (C=O) groups excluding carboxylic acids is 1. The van der Waals surface area contributed by atoms with Crippen LogP contribution in [-0.2, 0) is 44.8 Å². The Morgan fingerprint density at radius 1 is 0.724 bits per heavy atom. The second-order valence-electron chi connectivity index (χ2n) is 11.6. The van der Waals surface area contributed by atoms with E-state index in [-0.39, 0.29) is 62.0 Å². The Balaban J connectivity index is 1.47. The van der Waals surface area contributed by atoms with Crippen molar-refractivity contribution in [1.29, 1.82) is 0 Å². The van der Waals surface area contributed by atoms with E-state index in [1.54, 1.807) is 66.7 Å².